The van der Waals surface area contributed by atoms with Gasteiger partial charge in [-0.2, -0.15) is 0 Å². The predicted octanol–water partition coefficient (Wildman–Crippen LogP) is 8.42. The van der Waals surface area contributed by atoms with Crippen LogP contribution in [-0.4, -0.2) is 39.0 Å². The van der Waals surface area contributed by atoms with Crippen molar-refractivity contribution in [2.24, 2.45) is 0 Å². The summed E-state index contributed by atoms with van der Waals surface area (Å²) in [5, 5.41) is 0.108. The predicted molar refractivity (Wildman–Crippen MR) is 136 cm³/mol. The van der Waals surface area contributed by atoms with Crippen LogP contribution in [0.3, 0.4) is 0 Å². The van der Waals surface area contributed by atoms with Crippen LogP contribution < -0.4 is 0 Å². The summed E-state index contributed by atoms with van der Waals surface area (Å²) in [7, 11) is -1.93. The fourth-order valence-electron chi connectivity index (χ4n) is 4.31. The van der Waals surface area contributed by atoms with Gasteiger partial charge >= 0.3 is 0 Å². The lowest BCUT2D eigenvalue weighted by molar-refractivity contribution is -0.169. The van der Waals surface area contributed by atoms with E-state index in [4.69, 9.17) is 18.6 Å². The second-order valence-corrected chi connectivity index (χ2v) is 16.8. The number of halogens is 1. The van der Waals surface area contributed by atoms with E-state index in [0.717, 1.165) is 12.8 Å². The minimum atomic E-state index is -1.93. The molecule has 0 aromatic carbocycles. The maximum Gasteiger partial charge on any atom is 0.192 e. The van der Waals surface area contributed by atoms with Crippen molar-refractivity contribution in [1.29, 1.82) is 0 Å². The Morgan fingerprint density at radius 2 is 1.48 bits per heavy atom. The molecule has 2 fully saturated rings. The molecule has 0 unspecified atom stereocenters. The monoisotopic (exact) mass is 486 g/mol. The van der Waals surface area contributed by atoms with Gasteiger partial charge in [0.1, 0.15) is 18.0 Å². The van der Waals surface area contributed by atoms with Gasteiger partial charge in [-0.15, -0.1) is 0 Å². The number of rotatable bonds is 14. The molecule has 0 aromatic heterocycles. The second-order valence-electron chi connectivity index (χ2n) is 11.9. The van der Waals surface area contributed by atoms with Crippen molar-refractivity contribution < 1.29 is 23.0 Å². The molecule has 2 aliphatic heterocycles. The standard InChI is InChI=1S/C27H51FO4Si/c1-9-10-11-12-13-14-15-16-17-18-19-21(28)23-25-24(31-27(5,6)32-25)22(30-23)20-29-33(7,8)26(2,3)4/h22,24-25H,9-20H2,1-8H3/b23-21-/t22-,24-,25+/m1/s1. The molecule has 2 heterocycles. The van der Waals surface area contributed by atoms with Crippen LogP contribution in [0.4, 0.5) is 4.39 Å². The number of unbranched alkanes of at least 4 members (excludes halogenated alkanes) is 9. The Labute approximate surface area is 204 Å². The summed E-state index contributed by atoms with van der Waals surface area (Å²) in [4.78, 5) is 0. The molecule has 0 aliphatic carbocycles. The van der Waals surface area contributed by atoms with E-state index in [9.17, 15) is 0 Å². The Morgan fingerprint density at radius 3 is 2.03 bits per heavy atom. The molecule has 0 radical (unpaired) electrons. The lowest BCUT2D eigenvalue weighted by atomic mass is 10.0. The Balaban J connectivity index is 1.83. The van der Waals surface area contributed by atoms with E-state index in [1.54, 1.807) is 0 Å². The van der Waals surface area contributed by atoms with E-state index in [1.807, 2.05) is 13.8 Å². The molecule has 33 heavy (non-hydrogen) atoms. The van der Waals surface area contributed by atoms with Crippen molar-refractivity contribution in [2.45, 2.75) is 154 Å². The van der Waals surface area contributed by atoms with E-state index >= 15 is 4.39 Å². The molecule has 0 N–H and O–H groups in total. The zero-order valence-corrected chi connectivity index (χ0v) is 23.7. The zero-order valence-electron chi connectivity index (χ0n) is 22.7. The number of hydrogen-bond donors (Lipinski definition) is 0. The van der Waals surface area contributed by atoms with Crippen molar-refractivity contribution in [3.63, 3.8) is 0 Å². The number of hydrogen-bond acceptors (Lipinski definition) is 4. The summed E-state index contributed by atoms with van der Waals surface area (Å²) in [5.74, 6) is -0.581. The Hall–Kier alpha value is -0.433. The van der Waals surface area contributed by atoms with Gasteiger partial charge in [0.2, 0.25) is 0 Å². The Kier molecular flexibility index (Phi) is 10.9. The van der Waals surface area contributed by atoms with Crippen molar-refractivity contribution in [3.8, 4) is 0 Å². The van der Waals surface area contributed by atoms with Crippen LogP contribution in [0, 0.1) is 0 Å². The highest BCUT2D eigenvalue weighted by molar-refractivity contribution is 6.74. The van der Waals surface area contributed by atoms with Crippen LogP contribution in [0.25, 0.3) is 0 Å². The summed E-state index contributed by atoms with van der Waals surface area (Å²) < 4.78 is 39.8. The van der Waals surface area contributed by atoms with Gasteiger partial charge in [-0.3, -0.25) is 0 Å². The smallest absolute Gasteiger partial charge is 0.192 e. The van der Waals surface area contributed by atoms with E-state index in [-0.39, 0.29) is 23.1 Å². The topological polar surface area (TPSA) is 36.9 Å². The van der Waals surface area contributed by atoms with Gasteiger partial charge in [0.15, 0.2) is 26.0 Å². The summed E-state index contributed by atoms with van der Waals surface area (Å²) in [6.07, 6.45) is 11.6. The van der Waals surface area contributed by atoms with Gasteiger partial charge in [-0.1, -0.05) is 85.5 Å². The van der Waals surface area contributed by atoms with Crippen molar-refractivity contribution in [1.82, 2.24) is 0 Å². The summed E-state index contributed by atoms with van der Waals surface area (Å²) >= 11 is 0. The van der Waals surface area contributed by atoms with Gasteiger partial charge in [0.05, 0.1) is 6.61 Å². The Morgan fingerprint density at radius 1 is 0.939 bits per heavy atom. The maximum atomic E-state index is 15.2. The van der Waals surface area contributed by atoms with E-state index in [0.29, 0.717) is 18.8 Å². The fourth-order valence-corrected chi connectivity index (χ4v) is 5.32. The SMILES string of the molecule is CCCCCCCCCCCC/C(F)=C1/O[C@H](CO[Si](C)(C)C(C)(C)C)[C@H]2OC(C)(C)O[C@@H]12. The van der Waals surface area contributed by atoms with Gasteiger partial charge in [-0.05, 0) is 38.4 Å². The highest BCUT2D eigenvalue weighted by Crippen LogP contribution is 2.44. The largest absolute Gasteiger partial charge is 0.484 e. The van der Waals surface area contributed by atoms with Crippen LogP contribution >= 0.6 is 0 Å². The number of ether oxygens (including phenoxy) is 3. The summed E-state index contributed by atoms with van der Waals surface area (Å²) in [6, 6.07) is 0. The molecule has 0 spiro atoms. The molecular weight excluding hydrogens is 435 g/mol. The first kappa shape index (κ1) is 28.8. The molecule has 2 rings (SSSR count). The second kappa shape index (κ2) is 12.5. The van der Waals surface area contributed by atoms with Gasteiger partial charge in [0, 0.05) is 6.42 Å². The highest BCUT2D eigenvalue weighted by atomic mass is 28.4. The summed E-state index contributed by atoms with van der Waals surface area (Å²) in [6.45, 7) is 17.5. The molecule has 0 amide bonds. The third kappa shape index (κ3) is 8.62. The first-order valence-corrected chi connectivity index (χ1v) is 16.3. The normalized spacial score (nSPS) is 26.4. The van der Waals surface area contributed by atoms with Crippen LogP contribution in [-0.2, 0) is 18.6 Å². The molecule has 194 valence electrons. The zero-order chi connectivity index (χ0) is 24.7. The van der Waals surface area contributed by atoms with E-state index in [2.05, 4.69) is 40.8 Å². The van der Waals surface area contributed by atoms with Crippen molar-refractivity contribution in [3.05, 3.63) is 11.6 Å². The minimum Gasteiger partial charge on any atom is -0.484 e. The Bertz CT molecular complexity index is 626. The van der Waals surface area contributed by atoms with Gasteiger partial charge < -0.3 is 18.6 Å². The van der Waals surface area contributed by atoms with Crippen LogP contribution in [0.5, 0.6) is 0 Å². The van der Waals surface area contributed by atoms with E-state index < -0.39 is 20.2 Å². The number of allylic oxidation sites excluding steroid dienone is 1. The third-order valence-electron chi connectivity index (χ3n) is 7.46. The minimum absolute atomic E-state index is 0.108. The lowest BCUT2D eigenvalue weighted by Crippen LogP contribution is -2.44. The molecule has 2 aliphatic rings. The van der Waals surface area contributed by atoms with Crippen molar-refractivity contribution >= 4 is 8.32 Å². The molecular formula is C27H51FO4Si. The first-order chi connectivity index (χ1) is 15.4. The van der Waals surface area contributed by atoms with Crippen LogP contribution in [0.15, 0.2) is 11.6 Å². The molecule has 0 bridgehead atoms. The molecule has 3 atom stereocenters. The molecule has 0 saturated carbocycles. The van der Waals surface area contributed by atoms with Crippen molar-refractivity contribution in [2.75, 3.05) is 6.61 Å². The average molecular weight is 487 g/mol. The molecule has 2 saturated heterocycles. The lowest BCUT2D eigenvalue weighted by Gasteiger charge is -2.37. The molecule has 6 heteroatoms. The van der Waals surface area contributed by atoms with Gasteiger partial charge in [0.25, 0.3) is 0 Å². The molecule has 0 aromatic rings. The number of fused-ring (bicyclic) bond motifs is 1. The average Bonchev–Trinajstić information content (AvgIpc) is 3.19. The molecule has 4 nitrogen and oxygen atoms in total. The van der Waals surface area contributed by atoms with Gasteiger partial charge in [-0.25, -0.2) is 4.39 Å². The van der Waals surface area contributed by atoms with Crippen LogP contribution in [0.1, 0.15) is 112 Å². The maximum absolute atomic E-state index is 15.2. The van der Waals surface area contributed by atoms with Crippen LogP contribution in [0.2, 0.25) is 18.1 Å². The summed E-state index contributed by atoms with van der Waals surface area (Å²) in [5.41, 5.74) is 0. The third-order valence-corrected chi connectivity index (χ3v) is 12.0. The fraction of sp³-hybridized carbons (Fsp3) is 0.926. The first-order valence-electron chi connectivity index (χ1n) is 13.4. The quantitative estimate of drug-likeness (QED) is 0.182. The van der Waals surface area contributed by atoms with E-state index in [1.165, 1.54) is 51.4 Å². The highest BCUT2D eigenvalue weighted by Gasteiger charge is 2.55.